The zero-order valence-electron chi connectivity index (χ0n) is 6.40. The summed E-state index contributed by atoms with van der Waals surface area (Å²) in [4.78, 5) is 0. The van der Waals surface area contributed by atoms with Crippen molar-refractivity contribution in [3.63, 3.8) is 0 Å². The van der Waals surface area contributed by atoms with Gasteiger partial charge in [-0.15, -0.1) is 0 Å². The average molecular weight is 237 g/mol. The number of rotatable bonds is 2. The van der Waals surface area contributed by atoms with Gasteiger partial charge >= 0.3 is 0 Å². The molecule has 4 heteroatoms. The Bertz CT molecular complexity index is 289. The van der Waals surface area contributed by atoms with E-state index in [-0.39, 0.29) is 5.75 Å². The van der Waals surface area contributed by atoms with Gasteiger partial charge in [-0.3, -0.25) is 0 Å². The highest BCUT2D eigenvalue weighted by atomic mass is 79.9. The van der Waals surface area contributed by atoms with Crippen molar-refractivity contribution in [2.75, 3.05) is 7.11 Å². The average Bonchev–Trinajstić information content (AvgIpc) is 2.03. The van der Waals surface area contributed by atoms with Gasteiger partial charge in [-0.05, 0) is 0 Å². The number of hydrogen-bond acceptors (Lipinski definition) is 1. The topological polar surface area (TPSA) is 9.23 Å². The van der Waals surface area contributed by atoms with Gasteiger partial charge in [0.1, 0.15) is 17.4 Å². The summed E-state index contributed by atoms with van der Waals surface area (Å²) in [5.41, 5.74) is 0.332. The first kappa shape index (κ1) is 9.45. The third-order valence-corrected chi connectivity index (χ3v) is 2.03. The highest BCUT2D eigenvalue weighted by molar-refractivity contribution is 9.08. The Balaban J connectivity index is 3.24. The van der Waals surface area contributed by atoms with Crippen LogP contribution in [-0.2, 0) is 5.33 Å². The Morgan fingerprint density at radius 1 is 1.42 bits per heavy atom. The third-order valence-electron chi connectivity index (χ3n) is 1.47. The minimum Gasteiger partial charge on any atom is -0.496 e. The van der Waals surface area contributed by atoms with Gasteiger partial charge in [-0.25, -0.2) is 8.78 Å². The van der Waals surface area contributed by atoms with Crippen LogP contribution >= 0.6 is 15.9 Å². The Morgan fingerprint density at radius 3 is 2.58 bits per heavy atom. The summed E-state index contributed by atoms with van der Waals surface area (Å²) in [6.45, 7) is 0. The molecule has 0 amide bonds. The number of alkyl halides is 1. The van der Waals surface area contributed by atoms with Crippen LogP contribution in [0.1, 0.15) is 5.56 Å². The SMILES string of the molecule is COc1cc(F)cc(F)c1CBr. The van der Waals surface area contributed by atoms with Crippen LogP contribution in [0.3, 0.4) is 0 Å². The molecule has 0 unspecified atom stereocenters. The molecule has 0 heterocycles. The van der Waals surface area contributed by atoms with Crippen LogP contribution in [0.25, 0.3) is 0 Å². The molecular formula is C8H7BrF2O. The minimum absolute atomic E-state index is 0.226. The van der Waals surface area contributed by atoms with Gasteiger partial charge in [0.15, 0.2) is 0 Å². The maximum atomic E-state index is 12.9. The van der Waals surface area contributed by atoms with Crippen molar-refractivity contribution in [3.8, 4) is 5.75 Å². The lowest BCUT2D eigenvalue weighted by atomic mass is 10.2. The zero-order valence-corrected chi connectivity index (χ0v) is 7.99. The molecule has 0 bridgehead atoms. The lowest BCUT2D eigenvalue weighted by molar-refractivity contribution is 0.402. The normalized spacial score (nSPS) is 10.0. The van der Waals surface area contributed by atoms with Gasteiger partial charge in [0.25, 0.3) is 0 Å². The summed E-state index contributed by atoms with van der Waals surface area (Å²) in [6, 6.07) is 1.98. The van der Waals surface area contributed by atoms with Crippen molar-refractivity contribution in [1.29, 1.82) is 0 Å². The van der Waals surface area contributed by atoms with Gasteiger partial charge in [0.05, 0.1) is 7.11 Å². The van der Waals surface area contributed by atoms with Crippen molar-refractivity contribution in [3.05, 3.63) is 29.3 Å². The molecule has 0 aliphatic carbocycles. The van der Waals surface area contributed by atoms with Crippen molar-refractivity contribution >= 4 is 15.9 Å². The quantitative estimate of drug-likeness (QED) is 0.718. The van der Waals surface area contributed by atoms with Crippen molar-refractivity contribution in [2.45, 2.75) is 5.33 Å². The Kier molecular flexibility index (Phi) is 3.03. The largest absolute Gasteiger partial charge is 0.496 e. The number of halogens is 3. The Labute approximate surface area is 77.5 Å². The van der Waals surface area contributed by atoms with Gasteiger partial charge < -0.3 is 4.74 Å². The van der Waals surface area contributed by atoms with Crippen LogP contribution in [0.4, 0.5) is 8.78 Å². The lowest BCUT2D eigenvalue weighted by Gasteiger charge is -2.06. The number of benzene rings is 1. The number of methoxy groups -OCH3 is 1. The Morgan fingerprint density at radius 2 is 2.08 bits per heavy atom. The molecule has 0 fully saturated rings. The molecule has 0 atom stereocenters. The van der Waals surface area contributed by atoms with Crippen LogP contribution < -0.4 is 4.74 Å². The summed E-state index contributed by atoms with van der Waals surface area (Å²) >= 11 is 3.08. The van der Waals surface area contributed by atoms with Crippen molar-refractivity contribution in [1.82, 2.24) is 0 Å². The number of ether oxygens (including phenoxy) is 1. The van der Waals surface area contributed by atoms with Crippen LogP contribution in [0.2, 0.25) is 0 Å². The fraction of sp³-hybridized carbons (Fsp3) is 0.250. The van der Waals surface area contributed by atoms with E-state index in [1.54, 1.807) is 0 Å². The molecule has 66 valence electrons. The van der Waals surface area contributed by atoms with Crippen LogP contribution in [0.5, 0.6) is 5.75 Å². The minimum atomic E-state index is -0.631. The maximum Gasteiger partial charge on any atom is 0.133 e. The predicted octanol–water partition coefficient (Wildman–Crippen LogP) is 2.87. The second-order valence-corrected chi connectivity index (χ2v) is 2.76. The van der Waals surface area contributed by atoms with E-state index >= 15 is 0 Å². The van der Waals surface area contributed by atoms with Crippen molar-refractivity contribution in [2.24, 2.45) is 0 Å². The molecule has 12 heavy (non-hydrogen) atoms. The van der Waals surface area contributed by atoms with Gasteiger partial charge in [-0.2, -0.15) is 0 Å². The zero-order chi connectivity index (χ0) is 9.14. The van der Waals surface area contributed by atoms with E-state index in [1.807, 2.05) is 0 Å². The van der Waals surface area contributed by atoms with E-state index in [1.165, 1.54) is 7.11 Å². The van der Waals surface area contributed by atoms with Gasteiger partial charge in [-0.1, -0.05) is 15.9 Å². The molecule has 0 N–H and O–H groups in total. The predicted molar refractivity (Wildman–Crippen MR) is 45.5 cm³/mol. The van der Waals surface area contributed by atoms with Crippen LogP contribution in [0.15, 0.2) is 12.1 Å². The van der Waals surface area contributed by atoms with Crippen molar-refractivity contribution < 1.29 is 13.5 Å². The highest BCUT2D eigenvalue weighted by Crippen LogP contribution is 2.24. The molecular weight excluding hydrogens is 230 g/mol. The van der Waals surface area contributed by atoms with E-state index in [0.29, 0.717) is 10.9 Å². The monoisotopic (exact) mass is 236 g/mol. The summed E-state index contributed by atoms with van der Waals surface area (Å²) < 4.78 is 30.3. The summed E-state index contributed by atoms with van der Waals surface area (Å²) in [5, 5.41) is 0.308. The molecule has 0 aliphatic heterocycles. The smallest absolute Gasteiger partial charge is 0.133 e. The van der Waals surface area contributed by atoms with E-state index < -0.39 is 11.6 Å². The van der Waals surface area contributed by atoms with E-state index in [9.17, 15) is 8.78 Å². The van der Waals surface area contributed by atoms with Gasteiger partial charge in [0, 0.05) is 23.0 Å². The molecule has 1 rings (SSSR count). The number of hydrogen-bond donors (Lipinski definition) is 0. The molecule has 0 aliphatic rings. The molecule has 1 nitrogen and oxygen atoms in total. The molecule has 1 aromatic rings. The van der Waals surface area contributed by atoms with E-state index in [4.69, 9.17) is 4.74 Å². The fourth-order valence-corrected chi connectivity index (χ4v) is 1.44. The second-order valence-electron chi connectivity index (χ2n) is 2.20. The standard InChI is InChI=1S/C8H7BrF2O/c1-12-8-3-5(10)2-7(11)6(8)4-9/h2-3H,4H2,1H3. The summed E-state index contributed by atoms with van der Waals surface area (Å²) in [5.74, 6) is -0.998. The fourth-order valence-electron chi connectivity index (χ4n) is 0.892. The molecule has 0 aromatic heterocycles. The molecule has 0 radical (unpaired) electrons. The van der Waals surface area contributed by atoms with Crippen LogP contribution in [0, 0.1) is 11.6 Å². The second kappa shape index (κ2) is 3.85. The van der Waals surface area contributed by atoms with Gasteiger partial charge in [0.2, 0.25) is 0 Å². The molecule has 0 spiro atoms. The highest BCUT2D eigenvalue weighted by Gasteiger charge is 2.09. The van der Waals surface area contributed by atoms with E-state index in [2.05, 4.69) is 15.9 Å². The van der Waals surface area contributed by atoms with Crippen LogP contribution in [-0.4, -0.2) is 7.11 Å². The lowest BCUT2D eigenvalue weighted by Crippen LogP contribution is -1.94. The molecule has 0 saturated carbocycles. The first-order valence-electron chi connectivity index (χ1n) is 3.27. The maximum absolute atomic E-state index is 12.9. The third kappa shape index (κ3) is 1.75. The summed E-state index contributed by atoms with van der Waals surface area (Å²) in [6.07, 6.45) is 0. The van der Waals surface area contributed by atoms with E-state index in [0.717, 1.165) is 12.1 Å². The summed E-state index contributed by atoms with van der Waals surface area (Å²) in [7, 11) is 1.38. The first-order valence-corrected chi connectivity index (χ1v) is 4.39. The Hall–Kier alpha value is -0.640. The molecule has 0 saturated heterocycles. The molecule has 1 aromatic carbocycles. The first-order chi connectivity index (χ1) is 5.69.